The summed E-state index contributed by atoms with van der Waals surface area (Å²) < 4.78 is 39.0. The number of alkyl halides is 3. The topological polar surface area (TPSA) is 26.8 Å². The second-order valence-corrected chi connectivity index (χ2v) is 8.24. The summed E-state index contributed by atoms with van der Waals surface area (Å²) in [5.41, 5.74) is 1.01. The maximum absolute atomic E-state index is 13.0. The van der Waals surface area contributed by atoms with E-state index >= 15 is 0 Å². The van der Waals surface area contributed by atoms with Gasteiger partial charge in [-0.25, -0.2) is 0 Å². The predicted octanol–water partition coefficient (Wildman–Crippen LogP) is 3.93. The lowest BCUT2D eigenvalue weighted by Gasteiger charge is -2.44. The fraction of sp³-hybridized carbons (Fsp3) is 0.591. The van der Waals surface area contributed by atoms with Crippen LogP contribution in [0.3, 0.4) is 0 Å². The Labute approximate surface area is 170 Å². The van der Waals surface area contributed by atoms with Crippen molar-refractivity contribution in [3.8, 4) is 0 Å². The van der Waals surface area contributed by atoms with Crippen molar-refractivity contribution in [3.63, 3.8) is 0 Å². The summed E-state index contributed by atoms with van der Waals surface area (Å²) in [5, 5.41) is 0. The third-order valence-corrected chi connectivity index (χ3v) is 6.37. The van der Waals surface area contributed by atoms with Gasteiger partial charge in [0.25, 0.3) is 0 Å². The van der Waals surface area contributed by atoms with Gasteiger partial charge in [0, 0.05) is 56.6 Å². The fourth-order valence-electron chi connectivity index (χ4n) is 4.73. The molecule has 0 N–H and O–H groups in total. The standard InChI is InChI=1S/C22H28F3N3O/c23-22(24,25)18-7-3-8-19(15-18)26-11-13-27(14-12-26)20-9-4-10-28(16-20)21(29)17-5-1-2-6-17/h3,5,7-8,15,20H,1-2,4,6,9-14,16H2/t20-/m0/s1. The fourth-order valence-corrected chi connectivity index (χ4v) is 4.73. The molecule has 1 aliphatic carbocycles. The number of piperidine rings is 1. The summed E-state index contributed by atoms with van der Waals surface area (Å²) in [4.78, 5) is 19.2. The Morgan fingerprint density at radius 3 is 2.52 bits per heavy atom. The molecule has 0 radical (unpaired) electrons. The first-order valence-electron chi connectivity index (χ1n) is 10.6. The number of amides is 1. The number of halogens is 3. The molecule has 2 saturated heterocycles. The zero-order chi connectivity index (χ0) is 20.4. The number of nitrogens with zero attached hydrogens (tertiary/aromatic N) is 3. The van der Waals surface area contributed by atoms with Gasteiger partial charge in [-0.15, -0.1) is 0 Å². The molecule has 1 amide bonds. The zero-order valence-electron chi connectivity index (χ0n) is 16.6. The van der Waals surface area contributed by atoms with Crippen LogP contribution >= 0.6 is 0 Å². The van der Waals surface area contributed by atoms with Crippen LogP contribution in [0.1, 0.15) is 37.7 Å². The predicted molar refractivity (Wildman–Crippen MR) is 107 cm³/mol. The molecule has 29 heavy (non-hydrogen) atoms. The van der Waals surface area contributed by atoms with Gasteiger partial charge in [-0.05, 0) is 50.3 Å². The minimum absolute atomic E-state index is 0.204. The van der Waals surface area contributed by atoms with E-state index in [2.05, 4.69) is 11.0 Å². The molecule has 2 heterocycles. The van der Waals surface area contributed by atoms with Gasteiger partial charge in [0.1, 0.15) is 0 Å². The summed E-state index contributed by atoms with van der Waals surface area (Å²) in [7, 11) is 0. The van der Waals surface area contributed by atoms with Crippen molar-refractivity contribution in [1.82, 2.24) is 9.80 Å². The summed E-state index contributed by atoms with van der Waals surface area (Å²) >= 11 is 0. The quantitative estimate of drug-likeness (QED) is 0.760. The van der Waals surface area contributed by atoms with Gasteiger partial charge in [0.15, 0.2) is 0 Å². The lowest BCUT2D eigenvalue weighted by atomic mass is 10.0. The highest BCUT2D eigenvalue weighted by molar-refractivity contribution is 5.93. The van der Waals surface area contributed by atoms with Crippen molar-refractivity contribution >= 4 is 11.6 Å². The summed E-state index contributed by atoms with van der Waals surface area (Å²) in [6.45, 7) is 4.63. The van der Waals surface area contributed by atoms with Gasteiger partial charge in [0.05, 0.1) is 5.56 Å². The molecule has 2 aliphatic heterocycles. The monoisotopic (exact) mass is 407 g/mol. The lowest BCUT2D eigenvalue weighted by Crippen LogP contribution is -2.56. The molecule has 1 aromatic rings. The minimum atomic E-state index is -4.31. The molecule has 7 heteroatoms. The van der Waals surface area contributed by atoms with Crippen LogP contribution in [-0.4, -0.2) is 61.0 Å². The SMILES string of the molecule is O=C(C1=CCCC1)N1CCC[C@H](N2CCN(c3cccc(C(F)(F)F)c3)CC2)C1. The molecular formula is C22H28F3N3O. The van der Waals surface area contributed by atoms with Crippen molar-refractivity contribution in [1.29, 1.82) is 0 Å². The number of carbonyl (C=O) groups excluding carboxylic acids is 1. The third-order valence-electron chi connectivity index (χ3n) is 6.37. The van der Waals surface area contributed by atoms with Crippen LogP contribution in [0.5, 0.6) is 0 Å². The van der Waals surface area contributed by atoms with Crippen LogP contribution < -0.4 is 4.90 Å². The van der Waals surface area contributed by atoms with E-state index in [9.17, 15) is 18.0 Å². The number of hydrogen-bond donors (Lipinski definition) is 0. The van der Waals surface area contributed by atoms with Crippen molar-refractivity contribution in [3.05, 3.63) is 41.5 Å². The van der Waals surface area contributed by atoms with Crippen molar-refractivity contribution < 1.29 is 18.0 Å². The van der Waals surface area contributed by atoms with Crippen LogP contribution in [0.4, 0.5) is 18.9 Å². The molecule has 0 aromatic heterocycles. The number of allylic oxidation sites excluding steroid dienone is 1. The number of piperazine rings is 1. The number of rotatable bonds is 3. The smallest absolute Gasteiger partial charge is 0.369 e. The van der Waals surface area contributed by atoms with E-state index in [0.717, 1.165) is 69.9 Å². The van der Waals surface area contributed by atoms with E-state index in [0.29, 0.717) is 24.8 Å². The Morgan fingerprint density at radius 2 is 1.83 bits per heavy atom. The van der Waals surface area contributed by atoms with Gasteiger partial charge >= 0.3 is 6.18 Å². The van der Waals surface area contributed by atoms with E-state index < -0.39 is 11.7 Å². The van der Waals surface area contributed by atoms with E-state index in [1.807, 2.05) is 9.80 Å². The van der Waals surface area contributed by atoms with Crippen LogP contribution in [0.15, 0.2) is 35.9 Å². The minimum Gasteiger partial charge on any atom is -0.369 e. The highest BCUT2D eigenvalue weighted by atomic mass is 19.4. The van der Waals surface area contributed by atoms with E-state index in [4.69, 9.17) is 0 Å². The first kappa shape index (κ1) is 20.3. The van der Waals surface area contributed by atoms with Gasteiger partial charge in [-0.3, -0.25) is 9.69 Å². The van der Waals surface area contributed by atoms with Crippen LogP contribution in [0.2, 0.25) is 0 Å². The summed E-state index contributed by atoms with van der Waals surface area (Å²) in [6, 6.07) is 5.94. The average Bonchev–Trinajstić information content (AvgIpc) is 3.28. The molecular weight excluding hydrogens is 379 g/mol. The molecule has 2 fully saturated rings. The molecule has 0 unspecified atom stereocenters. The van der Waals surface area contributed by atoms with Gasteiger partial charge < -0.3 is 9.80 Å². The largest absolute Gasteiger partial charge is 0.416 e. The van der Waals surface area contributed by atoms with E-state index in [1.54, 1.807) is 6.07 Å². The first-order valence-corrected chi connectivity index (χ1v) is 10.6. The summed E-state index contributed by atoms with van der Waals surface area (Å²) in [6.07, 6.45) is 2.84. The molecule has 1 aromatic carbocycles. The first-order chi connectivity index (χ1) is 13.9. The van der Waals surface area contributed by atoms with E-state index in [1.165, 1.54) is 12.1 Å². The van der Waals surface area contributed by atoms with Crippen molar-refractivity contribution in [2.24, 2.45) is 0 Å². The Morgan fingerprint density at radius 1 is 1.03 bits per heavy atom. The number of carbonyl (C=O) groups is 1. The molecule has 0 saturated carbocycles. The lowest BCUT2D eigenvalue weighted by molar-refractivity contribution is -0.137. The highest BCUT2D eigenvalue weighted by Crippen LogP contribution is 2.32. The number of anilines is 1. The van der Waals surface area contributed by atoms with Gasteiger partial charge in [-0.2, -0.15) is 13.2 Å². The molecule has 3 aliphatic rings. The molecule has 158 valence electrons. The maximum atomic E-state index is 13.0. The van der Waals surface area contributed by atoms with Crippen LogP contribution in [-0.2, 0) is 11.0 Å². The normalized spacial score (nSPS) is 24.0. The Bertz CT molecular complexity index is 769. The molecule has 0 bridgehead atoms. The van der Waals surface area contributed by atoms with Gasteiger partial charge in [0.2, 0.25) is 5.91 Å². The molecule has 4 nitrogen and oxygen atoms in total. The van der Waals surface area contributed by atoms with E-state index in [-0.39, 0.29) is 5.91 Å². The second-order valence-electron chi connectivity index (χ2n) is 8.24. The number of benzene rings is 1. The Hall–Kier alpha value is -2.02. The van der Waals surface area contributed by atoms with Crippen LogP contribution in [0.25, 0.3) is 0 Å². The number of hydrogen-bond acceptors (Lipinski definition) is 3. The average molecular weight is 407 g/mol. The second kappa shape index (κ2) is 8.38. The van der Waals surface area contributed by atoms with Crippen molar-refractivity contribution in [2.75, 3.05) is 44.2 Å². The number of likely N-dealkylation sites (tertiary alicyclic amines) is 1. The Kier molecular flexibility index (Phi) is 5.86. The Balaban J connectivity index is 1.34. The molecule has 0 spiro atoms. The van der Waals surface area contributed by atoms with Gasteiger partial charge in [-0.1, -0.05) is 12.1 Å². The highest BCUT2D eigenvalue weighted by Gasteiger charge is 2.33. The zero-order valence-corrected chi connectivity index (χ0v) is 16.6. The van der Waals surface area contributed by atoms with Crippen LogP contribution in [0, 0.1) is 0 Å². The van der Waals surface area contributed by atoms with Crippen molar-refractivity contribution in [2.45, 2.75) is 44.3 Å². The third kappa shape index (κ3) is 4.60. The molecule has 1 atom stereocenters. The summed E-state index contributed by atoms with van der Waals surface area (Å²) in [5.74, 6) is 0.204. The molecule has 4 rings (SSSR count). The maximum Gasteiger partial charge on any atom is 0.416 e.